The third-order valence-corrected chi connectivity index (χ3v) is 3.76. The Balaban J connectivity index is 2.80. The number of nitrogens with one attached hydrogen (secondary N) is 1. The Bertz CT molecular complexity index is 429. The molecule has 0 saturated heterocycles. The Morgan fingerprint density at radius 2 is 2.18 bits per heavy atom. The summed E-state index contributed by atoms with van der Waals surface area (Å²) in [6.07, 6.45) is 0.567. The largest absolute Gasteiger partial charge is 0.368 e. The highest BCUT2D eigenvalue weighted by atomic mass is 35.5. The van der Waals surface area contributed by atoms with E-state index in [1.807, 2.05) is 13.8 Å². The molecule has 0 aromatic carbocycles. The minimum atomic E-state index is -0.723. The third-order valence-electron chi connectivity index (χ3n) is 3.21. The zero-order valence-corrected chi connectivity index (χ0v) is 11.4. The van der Waals surface area contributed by atoms with Gasteiger partial charge in [-0.25, -0.2) is 0 Å². The van der Waals surface area contributed by atoms with E-state index in [0.29, 0.717) is 18.0 Å². The molecule has 0 fully saturated rings. The number of carbonyl (C=O) groups excluding carboxylic acids is 1. The lowest BCUT2D eigenvalue weighted by atomic mass is 9.97. The summed E-state index contributed by atoms with van der Waals surface area (Å²) in [6.45, 7) is 6.14. The van der Waals surface area contributed by atoms with E-state index in [1.165, 1.54) is 0 Å². The van der Waals surface area contributed by atoms with Crippen LogP contribution >= 0.6 is 11.6 Å². The van der Waals surface area contributed by atoms with Crippen molar-refractivity contribution in [2.75, 3.05) is 7.05 Å². The Labute approximate surface area is 106 Å². The van der Waals surface area contributed by atoms with Crippen LogP contribution in [-0.4, -0.2) is 28.3 Å². The number of hydrogen-bond donors (Lipinski definition) is 2. The molecule has 1 aromatic rings. The molecular weight excluding hydrogens is 240 g/mol. The van der Waals surface area contributed by atoms with Gasteiger partial charge in [-0.2, -0.15) is 5.10 Å². The van der Waals surface area contributed by atoms with E-state index < -0.39 is 5.54 Å². The number of carbonyl (C=O) groups is 1. The summed E-state index contributed by atoms with van der Waals surface area (Å²) < 4.78 is 1.80. The fourth-order valence-electron chi connectivity index (χ4n) is 1.59. The van der Waals surface area contributed by atoms with E-state index >= 15 is 0 Å². The summed E-state index contributed by atoms with van der Waals surface area (Å²) in [5, 5.41) is 7.93. The van der Waals surface area contributed by atoms with E-state index in [-0.39, 0.29) is 5.91 Å². The van der Waals surface area contributed by atoms with Crippen molar-refractivity contribution in [1.29, 1.82) is 0 Å². The van der Waals surface area contributed by atoms with E-state index in [9.17, 15) is 4.79 Å². The first-order chi connectivity index (χ1) is 7.81. The van der Waals surface area contributed by atoms with Gasteiger partial charge >= 0.3 is 0 Å². The number of likely N-dealkylation sites (N-methyl/N-ethyl adjacent to an activating group) is 1. The van der Waals surface area contributed by atoms with Crippen LogP contribution in [-0.2, 0) is 11.3 Å². The molecule has 0 spiro atoms. The van der Waals surface area contributed by atoms with Crippen molar-refractivity contribution in [2.45, 2.75) is 39.3 Å². The Kier molecular flexibility index (Phi) is 4.16. The normalized spacial score (nSPS) is 14.6. The van der Waals surface area contributed by atoms with Gasteiger partial charge in [-0.05, 0) is 34.2 Å². The number of aromatic nitrogens is 2. The number of rotatable bonds is 5. The topological polar surface area (TPSA) is 72.9 Å². The first-order valence-electron chi connectivity index (χ1n) is 5.50. The van der Waals surface area contributed by atoms with Gasteiger partial charge in [0, 0.05) is 6.54 Å². The van der Waals surface area contributed by atoms with Crippen molar-refractivity contribution in [3.8, 4) is 0 Å². The van der Waals surface area contributed by atoms with Crippen LogP contribution in [0.5, 0.6) is 0 Å². The first kappa shape index (κ1) is 14.0. The molecule has 1 heterocycles. The molecule has 6 heteroatoms. The quantitative estimate of drug-likeness (QED) is 0.828. The maximum Gasteiger partial charge on any atom is 0.237 e. The molecule has 5 nitrogen and oxygen atoms in total. The summed E-state index contributed by atoms with van der Waals surface area (Å²) in [5.41, 5.74) is 6.35. The zero-order chi connectivity index (χ0) is 13.2. The first-order valence-corrected chi connectivity index (χ1v) is 5.88. The highest BCUT2D eigenvalue weighted by Gasteiger charge is 2.29. The molecule has 0 aliphatic heterocycles. The monoisotopic (exact) mass is 258 g/mol. The Hall–Kier alpha value is -1.07. The number of amides is 1. The lowest BCUT2D eigenvalue weighted by Crippen LogP contribution is -2.52. The van der Waals surface area contributed by atoms with Crippen LogP contribution in [0.4, 0.5) is 0 Å². The van der Waals surface area contributed by atoms with Crippen LogP contribution in [0.1, 0.15) is 24.7 Å². The molecule has 1 rings (SSSR count). The molecule has 96 valence electrons. The zero-order valence-electron chi connectivity index (χ0n) is 10.7. The van der Waals surface area contributed by atoms with Gasteiger partial charge in [-0.15, -0.1) is 0 Å². The van der Waals surface area contributed by atoms with Crippen LogP contribution in [0.3, 0.4) is 0 Å². The van der Waals surface area contributed by atoms with E-state index in [2.05, 4.69) is 10.4 Å². The second kappa shape index (κ2) is 5.06. The third kappa shape index (κ3) is 2.79. The molecule has 3 N–H and O–H groups in total. The second-order valence-corrected chi connectivity index (χ2v) is 4.78. The molecule has 0 saturated carbocycles. The number of aryl methyl sites for hydroxylation is 2. The van der Waals surface area contributed by atoms with Gasteiger partial charge in [0.15, 0.2) is 0 Å². The van der Waals surface area contributed by atoms with Gasteiger partial charge in [-0.1, -0.05) is 11.6 Å². The minimum Gasteiger partial charge on any atom is -0.368 e. The second-order valence-electron chi connectivity index (χ2n) is 4.40. The van der Waals surface area contributed by atoms with Crippen molar-refractivity contribution in [1.82, 2.24) is 15.1 Å². The lowest BCUT2D eigenvalue weighted by Gasteiger charge is -2.25. The summed E-state index contributed by atoms with van der Waals surface area (Å²) >= 11 is 6.05. The summed E-state index contributed by atoms with van der Waals surface area (Å²) in [6, 6.07) is 0. The standard InChI is InChI=1S/C11H19ClN4O/c1-7-9(12)8(2)16(15-7)6-5-11(3,14-4)10(13)17/h14H,5-6H2,1-4H3,(H2,13,17). The average Bonchev–Trinajstić information content (AvgIpc) is 2.53. The molecule has 0 aliphatic carbocycles. The lowest BCUT2D eigenvalue weighted by molar-refractivity contribution is -0.124. The molecule has 0 aliphatic rings. The van der Waals surface area contributed by atoms with Crippen molar-refractivity contribution in [2.24, 2.45) is 5.73 Å². The molecule has 1 amide bonds. The molecule has 0 radical (unpaired) electrons. The molecule has 1 atom stereocenters. The molecule has 1 aromatic heterocycles. The van der Waals surface area contributed by atoms with E-state index in [4.69, 9.17) is 17.3 Å². The molecule has 17 heavy (non-hydrogen) atoms. The van der Waals surface area contributed by atoms with Crippen molar-refractivity contribution in [3.05, 3.63) is 16.4 Å². The number of halogens is 1. The summed E-state index contributed by atoms with van der Waals surface area (Å²) in [4.78, 5) is 11.3. The van der Waals surface area contributed by atoms with Crippen molar-refractivity contribution in [3.63, 3.8) is 0 Å². The van der Waals surface area contributed by atoms with E-state index in [0.717, 1.165) is 11.4 Å². The fraction of sp³-hybridized carbons (Fsp3) is 0.636. The van der Waals surface area contributed by atoms with Crippen LogP contribution in [0.25, 0.3) is 0 Å². The van der Waals surface area contributed by atoms with Gasteiger partial charge < -0.3 is 11.1 Å². The van der Waals surface area contributed by atoms with Gasteiger partial charge in [0.2, 0.25) is 5.91 Å². The van der Waals surface area contributed by atoms with Gasteiger partial charge in [0.1, 0.15) is 0 Å². The average molecular weight is 259 g/mol. The van der Waals surface area contributed by atoms with Gasteiger partial charge in [-0.3, -0.25) is 9.48 Å². The Morgan fingerprint density at radius 3 is 2.53 bits per heavy atom. The molecule has 0 bridgehead atoms. The highest BCUT2D eigenvalue weighted by molar-refractivity contribution is 6.31. The highest BCUT2D eigenvalue weighted by Crippen LogP contribution is 2.20. The van der Waals surface area contributed by atoms with Crippen LogP contribution in [0.2, 0.25) is 5.02 Å². The maximum atomic E-state index is 11.3. The van der Waals surface area contributed by atoms with E-state index in [1.54, 1.807) is 18.7 Å². The van der Waals surface area contributed by atoms with Crippen LogP contribution in [0.15, 0.2) is 0 Å². The number of primary amides is 1. The number of hydrogen-bond acceptors (Lipinski definition) is 3. The van der Waals surface area contributed by atoms with Crippen molar-refractivity contribution < 1.29 is 4.79 Å². The van der Waals surface area contributed by atoms with Crippen molar-refractivity contribution >= 4 is 17.5 Å². The van der Waals surface area contributed by atoms with Crippen LogP contribution < -0.4 is 11.1 Å². The minimum absolute atomic E-state index is 0.368. The fourth-order valence-corrected chi connectivity index (χ4v) is 1.73. The van der Waals surface area contributed by atoms with Crippen LogP contribution in [0, 0.1) is 13.8 Å². The Morgan fingerprint density at radius 1 is 1.59 bits per heavy atom. The molecular formula is C11H19ClN4O. The van der Waals surface area contributed by atoms with Gasteiger partial charge in [0.05, 0.1) is 21.9 Å². The summed E-state index contributed by atoms with van der Waals surface area (Å²) in [7, 11) is 1.72. The number of nitrogens with zero attached hydrogens (tertiary/aromatic N) is 2. The SMILES string of the molecule is CNC(C)(CCn1nc(C)c(Cl)c1C)C(N)=O. The molecule has 1 unspecified atom stereocenters. The smallest absolute Gasteiger partial charge is 0.237 e. The maximum absolute atomic E-state index is 11.3. The number of nitrogens with two attached hydrogens (primary N) is 1. The van der Waals surface area contributed by atoms with Gasteiger partial charge in [0.25, 0.3) is 0 Å². The summed E-state index contributed by atoms with van der Waals surface area (Å²) in [5.74, 6) is -0.368. The predicted molar refractivity (Wildman–Crippen MR) is 68.0 cm³/mol. The predicted octanol–water partition coefficient (Wildman–Crippen LogP) is 1.01.